The van der Waals surface area contributed by atoms with E-state index in [1.807, 2.05) is 32.0 Å². The molecule has 1 amide bonds. The Balaban J connectivity index is 2.23. The Hall–Kier alpha value is -1.36. The number of hydrogen-bond acceptors (Lipinski definition) is 3. The lowest BCUT2D eigenvalue weighted by Crippen LogP contribution is -2.45. The fraction of sp³-hybridized carbons (Fsp3) is 0.588. The number of rotatable bonds is 5. The summed E-state index contributed by atoms with van der Waals surface area (Å²) < 4.78 is 23.0. The van der Waals surface area contributed by atoms with Crippen molar-refractivity contribution in [2.45, 2.75) is 45.1 Å². The van der Waals surface area contributed by atoms with Crippen LogP contribution in [0.4, 0.5) is 0 Å². The average Bonchev–Trinajstić information content (AvgIpc) is 2.45. The molecule has 2 rings (SSSR count). The van der Waals surface area contributed by atoms with E-state index in [1.165, 1.54) is 11.8 Å². The number of sulfone groups is 1. The van der Waals surface area contributed by atoms with Gasteiger partial charge in [-0.05, 0) is 44.2 Å². The van der Waals surface area contributed by atoms with Gasteiger partial charge in [0.2, 0.25) is 5.91 Å². The Morgan fingerprint density at radius 1 is 1.36 bits per heavy atom. The van der Waals surface area contributed by atoms with Crippen LogP contribution in [0.1, 0.15) is 43.7 Å². The highest BCUT2D eigenvalue weighted by molar-refractivity contribution is 7.90. The quantitative estimate of drug-likeness (QED) is 0.836. The number of amides is 1. The van der Waals surface area contributed by atoms with E-state index in [0.29, 0.717) is 6.54 Å². The molecule has 4 nitrogen and oxygen atoms in total. The van der Waals surface area contributed by atoms with Crippen molar-refractivity contribution >= 4 is 15.7 Å². The minimum atomic E-state index is -3.10. The Morgan fingerprint density at radius 3 is 2.68 bits per heavy atom. The summed E-state index contributed by atoms with van der Waals surface area (Å²) in [5.41, 5.74) is 2.36. The lowest BCUT2D eigenvalue weighted by molar-refractivity contribution is -0.134. The van der Waals surface area contributed by atoms with Crippen LogP contribution in [-0.2, 0) is 21.1 Å². The summed E-state index contributed by atoms with van der Waals surface area (Å²) in [7, 11) is -3.10. The van der Waals surface area contributed by atoms with Crippen molar-refractivity contribution in [1.29, 1.82) is 0 Å². The molecular formula is C17H25NO3S. The van der Waals surface area contributed by atoms with Gasteiger partial charge in [0.05, 0.1) is 11.7 Å². The zero-order valence-electron chi connectivity index (χ0n) is 13.6. The van der Waals surface area contributed by atoms with Crippen LogP contribution in [0, 0.1) is 0 Å². The van der Waals surface area contributed by atoms with Crippen LogP contribution in [-0.4, -0.2) is 43.8 Å². The van der Waals surface area contributed by atoms with Crippen molar-refractivity contribution in [3.05, 3.63) is 35.4 Å². The molecule has 22 heavy (non-hydrogen) atoms. The van der Waals surface area contributed by atoms with E-state index in [2.05, 4.69) is 6.07 Å². The maximum Gasteiger partial charge on any atom is 0.230 e. The Morgan fingerprint density at radius 2 is 2.05 bits per heavy atom. The SMILES string of the molecule is CCN(C(=O)C1CCCc2ccccc21)C(C)CS(C)(=O)=O. The van der Waals surface area contributed by atoms with Gasteiger partial charge in [-0.2, -0.15) is 0 Å². The molecule has 2 atom stereocenters. The summed E-state index contributed by atoms with van der Waals surface area (Å²) in [5.74, 6) is -0.0567. The molecule has 0 saturated heterocycles. The number of carbonyl (C=O) groups is 1. The van der Waals surface area contributed by atoms with Crippen LogP contribution in [0.5, 0.6) is 0 Å². The molecule has 0 radical (unpaired) electrons. The standard InChI is InChI=1S/C17H25NO3S/c1-4-18(13(2)12-22(3,20)21)17(19)16-11-7-9-14-8-5-6-10-15(14)16/h5-6,8,10,13,16H,4,7,9,11-12H2,1-3H3. The highest BCUT2D eigenvalue weighted by Gasteiger charge is 2.32. The Kier molecular flexibility index (Phi) is 5.27. The van der Waals surface area contributed by atoms with Crippen molar-refractivity contribution < 1.29 is 13.2 Å². The van der Waals surface area contributed by atoms with E-state index < -0.39 is 9.84 Å². The molecule has 0 spiro atoms. The molecule has 0 fully saturated rings. The van der Waals surface area contributed by atoms with Crippen molar-refractivity contribution in [3.63, 3.8) is 0 Å². The van der Waals surface area contributed by atoms with Crippen LogP contribution in [0.3, 0.4) is 0 Å². The third-order valence-electron chi connectivity index (χ3n) is 4.37. The van der Waals surface area contributed by atoms with Crippen molar-refractivity contribution in [2.75, 3.05) is 18.6 Å². The third-order valence-corrected chi connectivity index (χ3v) is 5.46. The molecule has 0 aliphatic heterocycles. The fourth-order valence-corrected chi connectivity index (χ4v) is 4.48. The second kappa shape index (κ2) is 6.82. The van der Waals surface area contributed by atoms with Gasteiger partial charge < -0.3 is 4.90 Å². The normalized spacial score (nSPS) is 19.3. The zero-order valence-corrected chi connectivity index (χ0v) is 14.4. The molecular weight excluding hydrogens is 298 g/mol. The van der Waals surface area contributed by atoms with Gasteiger partial charge in [-0.25, -0.2) is 8.42 Å². The molecule has 1 aliphatic carbocycles. The van der Waals surface area contributed by atoms with E-state index in [4.69, 9.17) is 0 Å². The van der Waals surface area contributed by atoms with Gasteiger partial charge in [-0.3, -0.25) is 4.79 Å². The second-order valence-corrected chi connectivity index (χ2v) is 8.39. The van der Waals surface area contributed by atoms with Crippen molar-refractivity contribution in [3.8, 4) is 0 Å². The summed E-state index contributed by atoms with van der Waals surface area (Å²) in [6, 6.07) is 7.81. The van der Waals surface area contributed by atoms with Crippen LogP contribution in [0.2, 0.25) is 0 Å². The third kappa shape index (κ3) is 3.88. The van der Waals surface area contributed by atoms with Crippen LogP contribution < -0.4 is 0 Å². The number of benzene rings is 1. The maximum atomic E-state index is 13.0. The first-order valence-corrected chi connectivity index (χ1v) is 9.95. The van der Waals surface area contributed by atoms with Crippen LogP contribution in [0.25, 0.3) is 0 Å². The first kappa shape index (κ1) is 17.0. The van der Waals surface area contributed by atoms with Crippen LogP contribution >= 0.6 is 0 Å². The molecule has 2 unspecified atom stereocenters. The van der Waals surface area contributed by atoms with Gasteiger partial charge >= 0.3 is 0 Å². The monoisotopic (exact) mass is 323 g/mol. The molecule has 5 heteroatoms. The number of hydrogen-bond donors (Lipinski definition) is 0. The van der Waals surface area contributed by atoms with Gasteiger partial charge in [0.1, 0.15) is 9.84 Å². The lowest BCUT2D eigenvalue weighted by atomic mass is 9.82. The number of carbonyl (C=O) groups excluding carboxylic acids is 1. The van der Waals surface area contributed by atoms with Gasteiger partial charge in [-0.15, -0.1) is 0 Å². The summed E-state index contributed by atoms with van der Waals surface area (Å²) in [6.45, 7) is 4.26. The van der Waals surface area contributed by atoms with E-state index in [-0.39, 0.29) is 23.6 Å². The number of likely N-dealkylation sites (N-methyl/N-ethyl adjacent to an activating group) is 1. The van der Waals surface area contributed by atoms with Crippen molar-refractivity contribution in [1.82, 2.24) is 4.90 Å². The second-order valence-electron chi connectivity index (χ2n) is 6.21. The predicted molar refractivity (Wildman–Crippen MR) is 88.7 cm³/mol. The minimum Gasteiger partial charge on any atom is -0.339 e. The first-order valence-electron chi connectivity index (χ1n) is 7.89. The van der Waals surface area contributed by atoms with E-state index in [1.54, 1.807) is 4.90 Å². The molecule has 0 N–H and O–H groups in total. The molecule has 0 bridgehead atoms. The topological polar surface area (TPSA) is 54.5 Å². The Labute approximate surface area is 133 Å². The molecule has 122 valence electrons. The molecule has 1 aromatic rings. The average molecular weight is 323 g/mol. The minimum absolute atomic E-state index is 0.0148. The van der Waals surface area contributed by atoms with Crippen LogP contribution in [0.15, 0.2) is 24.3 Å². The van der Waals surface area contributed by atoms with Gasteiger partial charge in [-0.1, -0.05) is 24.3 Å². The molecule has 1 aliphatic rings. The maximum absolute atomic E-state index is 13.0. The molecule has 0 saturated carbocycles. The molecule has 1 aromatic carbocycles. The number of aryl methyl sites for hydroxylation is 1. The summed E-state index contributed by atoms with van der Waals surface area (Å²) >= 11 is 0. The summed E-state index contributed by atoms with van der Waals surface area (Å²) in [5, 5.41) is 0. The summed E-state index contributed by atoms with van der Waals surface area (Å²) in [6.07, 6.45) is 4.09. The van der Waals surface area contributed by atoms with Gasteiger partial charge in [0.15, 0.2) is 0 Å². The zero-order chi connectivity index (χ0) is 16.3. The highest BCUT2D eigenvalue weighted by Crippen LogP contribution is 2.33. The highest BCUT2D eigenvalue weighted by atomic mass is 32.2. The van der Waals surface area contributed by atoms with Gasteiger partial charge in [0, 0.05) is 18.8 Å². The smallest absolute Gasteiger partial charge is 0.230 e. The lowest BCUT2D eigenvalue weighted by Gasteiger charge is -2.33. The van der Waals surface area contributed by atoms with Gasteiger partial charge in [0.25, 0.3) is 0 Å². The predicted octanol–water partition coefficient (Wildman–Crippen LogP) is 2.39. The molecule has 0 aromatic heterocycles. The fourth-order valence-electron chi connectivity index (χ4n) is 3.42. The first-order chi connectivity index (χ1) is 10.3. The summed E-state index contributed by atoms with van der Waals surface area (Å²) in [4.78, 5) is 14.7. The van der Waals surface area contributed by atoms with E-state index >= 15 is 0 Å². The largest absolute Gasteiger partial charge is 0.339 e. The van der Waals surface area contributed by atoms with E-state index in [0.717, 1.165) is 24.8 Å². The Bertz CT molecular complexity index is 639. The molecule has 0 heterocycles. The number of nitrogens with zero attached hydrogens (tertiary/aromatic N) is 1. The number of fused-ring (bicyclic) bond motifs is 1. The van der Waals surface area contributed by atoms with E-state index in [9.17, 15) is 13.2 Å². The van der Waals surface area contributed by atoms with Crippen molar-refractivity contribution in [2.24, 2.45) is 0 Å².